The van der Waals surface area contributed by atoms with E-state index in [1.807, 2.05) is 7.05 Å². The van der Waals surface area contributed by atoms with Crippen LogP contribution in [-0.2, 0) is 10.0 Å². The van der Waals surface area contributed by atoms with Gasteiger partial charge < -0.3 is 10.2 Å². The quantitative estimate of drug-likeness (QED) is 0.825. The molecule has 0 atom stereocenters. The second-order valence-corrected chi connectivity index (χ2v) is 6.26. The van der Waals surface area contributed by atoms with Gasteiger partial charge in [0.05, 0.1) is 5.69 Å². The molecular formula is C12H20N4O2S. The minimum Gasteiger partial charge on any atom is -0.387 e. The summed E-state index contributed by atoms with van der Waals surface area (Å²) in [5, 5.41) is 4.65. The number of benzene rings is 1. The zero-order valence-electron chi connectivity index (χ0n) is 11.3. The standard InChI is InChI=1S/C12H20N4O2S/c1-13-11-5-3-4-6-12(11)19(17,18)14-16-9-7-15(2)8-10-16/h3-6,13-14H,7-10H2,1-2H3. The number of piperazine rings is 1. The van der Waals surface area contributed by atoms with Crippen molar-refractivity contribution in [1.29, 1.82) is 0 Å². The van der Waals surface area contributed by atoms with Gasteiger partial charge in [-0.15, -0.1) is 4.83 Å². The maximum atomic E-state index is 12.4. The first kappa shape index (κ1) is 14.3. The second-order valence-electron chi connectivity index (χ2n) is 4.63. The van der Waals surface area contributed by atoms with Gasteiger partial charge in [-0.25, -0.2) is 13.4 Å². The highest BCUT2D eigenvalue weighted by atomic mass is 32.2. The molecule has 1 aliphatic heterocycles. The maximum absolute atomic E-state index is 12.4. The SMILES string of the molecule is CNc1ccccc1S(=O)(=O)NN1CCN(C)CC1. The molecule has 1 aromatic rings. The third-order valence-electron chi connectivity index (χ3n) is 3.20. The molecule has 0 unspecified atom stereocenters. The van der Waals surface area contributed by atoms with Crippen LogP contribution in [0.4, 0.5) is 5.69 Å². The van der Waals surface area contributed by atoms with E-state index in [0.29, 0.717) is 18.8 Å². The van der Waals surface area contributed by atoms with Crippen LogP contribution in [0.1, 0.15) is 0 Å². The minimum atomic E-state index is -3.53. The van der Waals surface area contributed by atoms with Crippen molar-refractivity contribution in [3.63, 3.8) is 0 Å². The van der Waals surface area contributed by atoms with E-state index < -0.39 is 10.0 Å². The van der Waals surface area contributed by atoms with E-state index in [4.69, 9.17) is 0 Å². The Kier molecular flexibility index (Phi) is 4.41. The smallest absolute Gasteiger partial charge is 0.255 e. The summed E-state index contributed by atoms with van der Waals surface area (Å²) in [5.41, 5.74) is 0.601. The predicted octanol–water partition coefficient (Wildman–Crippen LogP) is 0.169. The molecule has 1 heterocycles. The second kappa shape index (κ2) is 5.87. The van der Waals surface area contributed by atoms with Crippen molar-refractivity contribution in [1.82, 2.24) is 14.7 Å². The number of nitrogens with zero attached hydrogens (tertiary/aromatic N) is 2. The molecule has 1 aromatic carbocycles. The van der Waals surface area contributed by atoms with E-state index in [1.165, 1.54) is 0 Å². The Morgan fingerprint density at radius 3 is 2.37 bits per heavy atom. The average molecular weight is 284 g/mol. The first-order valence-electron chi connectivity index (χ1n) is 6.25. The van der Waals surface area contributed by atoms with Crippen LogP contribution in [0.2, 0.25) is 0 Å². The summed E-state index contributed by atoms with van der Waals surface area (Å²) in [7, 11) is 0.217. The van der Waals surface area contributed by atoms with Crippen molar-refractivity contribution in [3.05, 3.63) is 24.3 Å². The molecule has 7 heteroatoms. The predicted molar refractivity (Wildman–Crippen MR) is 75.4 cm³/mol. The third-order valence-corrected chi connectivity index (χ3v) is 4.63. The zero-order chi connectivity index (χ0) is 13.9. The van der Waals surface area contributed by atoms with Crippen molar-refractivity contribution < 1.29 is 8.42 Å². The number of sulfonamides is 1. The van der Waals surface area contributed by atoms with Gasteiger partial charge in [0.2, 0.25) is 0 Å². The third kappa shape index (κ3) is 3.44. The Labute approximate surface area is 114 Å². The minimum absolute atomic E-state index is 0.274. The van der Waals surface area contributed by atoms with E-state index in [-0.39, 0.29) is 4.90 Å². The maximum Gasteiger partial charge on any atom is 0.255 e. The summed E-state index contributed by atoms with van der Waals surface area (Å²) in [4.78, 5) is 5.09. The van der Waals surface area contributed by atoms with E-state index in [2.05, 4.69) is 15.0 Å². The Balaban J connectivity index is 2.14. The monoisotopic (exact) mass is 284 g/mol. The molecule has 1 saturated heterocycles. The first-order chi connectivity index (χ1) is 9.03. The Hall–Kier alpha value is -1.15. The van der Waals surface area contributed by atoms with Gasteiger partial charge in [0, 0.05) is 33.2 Å². The summed E-state index contributed by atoms with van der Waals surface area (Å²) in [5.74, 6) is 0. The van der Waals surface area contributed by atoms with Gasteiger partial charge in [-0.2, -0.15) is 0 Å². The van der Waals surface area contributed by atoms with Gasteiger partial charge in [-0.3, -0.25) is 0 Å². The van der Waals surface area contributed by atoms with Gasteiger partial charge in [0.1, 0.15) is 4.90 Å². The Bertz CT molecular complexity index is 524. The lowest BCUT2D eigenvalue weighted by Gasteiger charge is -2.32. The van der Waals surface area contributed by atoms with Gasteiger partial charge in [-0.1, -0.05) is 12.1 Å². The molecule has 1 aliphatic rings. The lowest BCUT2D eigenvalue weighted by Crippen LogP contribution is -2.52. The van der Waals surface area contributed by atoms with E-state index in [1.54, 1.807) is 36.3 Å². The molecule has 0 spiro atoms. The van der Waals surface area contributed by atoms with Crippen molar-refractivity contribution in [2.45, 2.75) is 4.90 Å². The van der Waals surface area contributed by atoms with Crippen LogP contribution in [0, 0.1) is 0 Å². The summed E-state index contributed by atoms with van der Waals surface area (Å²) < 4.78 is 24.7. The van der Waals surface area contributed by atoms with E-state index in [0.717, 1.165) is 13.1 Å². The van der Waals surface area contributed by atoms with Crippen molar-refractivity contribution in [2.75, 3.05) is 45.6 Å². The lowest BCUT2D eigenvalue weighted by molar-refractivity contribution is 0.135. The van der Waals surface area contributed by atoms with E-state index in [9.17, 15) is 8.42 Å². The fourth-order valence-corrected chi connectivity index (χ4v) is 3.36. The highest BCUT2D eigenvalue weighted by Crippen LogP contribution is 2.20. The largest absolute Gasteiger partial charge is 0.387 e. The van der Waals surface area contributed by atoms with Crippen LogP contribution in [0.5, 0.6) is 0 Å². The van der Waals surface area contributed by atoms with Crippen LogP contribution in [0.25, 0.3) is 0 Å². The molecule has 0 bridgehead atoms. The normalized spacial score (nSPS) is 18.4. The molecule has 19 heavy (non-hydrogen) atoms. The summed E-state index contributed by atoms with van der Waals surface area (Å²) in [6.07, 6.45) is 0. The van der Waals surface area contributed by atoms with Gasteiger partial charge in [-0.05, 0) is 19.2 Å². The topological polar surface area (TPSA) is 64.7 Å². The number of hydrogen-bond acceptors (Lipinski definition) is 5. The lowest BCUT2D eigenvalue weighted by atomic mass is 10.3. The van der Waals surface area contributed by atoms with Crippen molar-refractivity contribution in [3.8, 4) is 0 Å². The Morgan fingerprint density at radius 1 is 1.11 bits per heavy atom. The Morgan fingerprint density at radius 2 is 1.74 bits per heavy atom. The van der Waals surface area contributed by atoms with Crippen molar-refractivity contribution >= 4 is 15.7 Å². The van der Waals surface area contributed by atoms with Crippen LogP contribution in [-0.4, -0.2) is 58.6 Å². The molecule has 6 nitrogen and oxygen atoms in total. The zero-order valence-corrected chi connectivity index (χ0v) is 12.1. The first-order valence-corrected chi connectivity index (χ1v) is 7.74. The van der Waals surface area contributed by atoms with Gasteiger partial charge in [0.25, 0.3) is 10.0 Å². The average Bonchev–Trinajstić information content (AvgIpc) is 2.41. The van der Waals surface area contributed by atoms with E-state index >= 15 is 0 Å². The fourth-order valence-electron chi connectivity index (χ4n) is 2.02. The number of hydrazine groups is 1. The number of anilines is 1. The van der Waals surface area contributed by atoms with Crippen molar-refractivity contribution in [2.24, 2.45) is 0 Å². The molecule has 2 N–H and O–H groups in total. The fraction of sp³-hybridized carbons (Fsp3) is 0.500. The molecule has 2 rings (SSSR count). The van der Waals surface area contributed by atoms with Crippen LogP contribution in [0.3, 0.4) is 0 Å². The summed E-state index contributed by atoms with van der Waals surface area (Å²) >= 11 is 0. The molecule has 106 valence electrons. The highest BCUT2D eigenvalue weighted by Gasteiger charge is 2.23. The number of rotatable bonds is 4. The number of likely N-dealkylation sites (N-methyl/N-ethyl adjacent to an activating group) is 1. The van der Waals surface area contributed by atoms with Gasteiger partial charge >= 0.3 is 0 Å². The molecular weight excluding hydrogens is 264 g/mol. The molecule has 0 radical (unpaired) electrons. The summed E-state index contributed by atoms with van der Waals surface area (Å²) in [6.45, 7) is 3.10. The summed E-state index contributed by atoms with van der Waals surface area (Å²) in [6, 6.07) is 6.88. The number of nitrogens with one attached hydrogen (secondary N) is 2. The van der Waals surface area contributed by atoms with Gasteiger partial charge in [0.15, 0.2) is 0 Å². The number of hydrogen-bond donors (Lipinski definition) is 2. The molecule has 1 fully saturated rings. The molecule has 0 amide bonds. The highest BCUT2D eigenvalue weighted by molar-refractivity contribution is 7.89. The number of para-hydroxylation sites is 1. The molecule has 0 aliphatic carbocycles. The molecule has 0 saturated carbocycles. The van der Waals surface area contributed by atoms with Crippen LogP contribution in [0.15, 0.2) is 29.2 Å². The van der Waals surface area contributed by atoms with Crippen LogP contribution >= 0.6 is 0 Å². The molecule has 0 aromatic heterocycles. The van der Waals surface area contributed by atoms with Crippen LogP contribution < -0.4 is 10.1 Å².